The molecule has 0 bridgehead atoms. The Balaban J connectivity index is 2.26. The third-order valence-corrected chi connectivity index (χ3v) is 3.71. The molecule has 0 aromatic rings. The lowest BCUT2D eigenvalue weighted by Crippen LogP contribution is -2.56. The lowest BCUT2D eigenvalue weighted by Gasteiger charge is -2.50. The Morgan fingerprint density at radius 1 is 1.50 bits per heavy atom. The molecule has 14 heavy (non-hydrogen) atoms. The Morgan fingerprint density at radius 2 is 2.14 bits per heavy atom. The molecule has 1 fully saturated rings. The summed E-state index contributed by atoms with van der Waals surface area (Å²) in [6, 6.07) is 0. The first-order chi connectivity index (χ1) is 6.50. The standard InChI is InChI=1S/C12H24O2/c1-5-12(4)10(13)8-11(12)14-7-6-9(2)3/h9-11,13H,5-8H2,1-4H3. The molecule has 2 heteroatoms. The zero-order valence-electron chi connectivity index (χ0n) is 9.92. The van der Waals surface area contributed by atoms with Crippen LogP contribution in [0.1, 0.15) is 47.0 Å². The van der Waals surface area contributed by atoms with Gasteiger partial charge in [0.1, 0.15) is 0 Å². The van der Waals surface area contributed by atoms with E-state index in [2.05, 4.69) is 27.7 Å². The normalized spacial score (nSPS) is 37.3. The van der Waals surface area contributed by atoms with Gasteiger partial charge in [0, 0.05) is 18.4 Å². The highest BCUT2D eigenvalue weighted by Gasteiger charge is 2.50. The summed E-state index contributed by atoms with van der Waals surface area (Å²) < 4.78 is 5.81. The van der Waals surface area contributed by atoms with Gasteiger partial charge in [-0.2, -0.15) is 0 Å². The van der Waals surface area contributed by atoms with Crippen LogP contribution in [-0.4, -0.2) is 23.9 Å². The van der Waals surface area contributed by atoms with E-state index >= 15 is 0 Å². The summed E-state index contributed by atoms with van der Waals surface area (Å²) in [6.45, 7) is 9.50. The summed E-state index contributed by atoms with van der Waals surface area (Å²) in [4.78, 5) is 0. The van der Waals surface area contributed by atoms with Crippen LogP contribution in [0.2, 0.25) is 0 Å². The molecule has 1 rings (SSSR count). The van der Waals surface area contributed by atoms with Crippen molar-refractivity contribution in [1.29, 1.82) is 0 Å². The fourth-order valence-electron chi connectivity index (χ4n) is 1.96. The number of ether oxygens (including phenoxy) is 1. The molecule has 0 aromatic heterocycles. The second kappa shape index (κ2) is 4.63. The van der Waals surface area contributed by atoms with Gasteiger partial charge in [-0.3, -0.25) is 0 Å². The van der Waals surface area contributed by atoms with Crippen LogP contribution >= 0.6 is 0 Å². The van der Waals surface area contributed by atoms with E-state index in [9.17, 15) is 5.11 Å². The first-order valence-electron chi connectivity index (χ1n) is 5.80. The van der Waals surface area contributed by atoms with Crippen molar-refractivity contribution >= 4 is 0 Å². The van der Waals surface area contributed by atoms with Crippen LogP contribution in [0.4, 0.5) is 0 Å². The van der Waals surface area contributed by atoms with Crippen molar-refractivity contribution in [2.75, 3.05) is 6.61 Å². The number of hydrogen-bond acceptors (Lipinski definition) is 2. The van der Waals surface area contributed by atoms with Crippen LogP contribution < -0.4 is 0 Å². The largest absolute Gasteiger partial charge is 0.392 e. The minimum atomic E-state index is -0.156. The molecule has 0 radical (unpaired) electrons. The monoisotopic (exact) mass is 200 g/mol. The molecule has 0 heterocycles. The summed E-state index contributed by atoms with van der Waals surface area (Å²) in [7, 11) is 0. The van der Waals surface area contributed by atoms with Crippen LogP contribution in [0, 0.1) is 11.3 Å². The highest BCUT2D eigenvalue weighted by Crippen LogP contribution is 2.45. The SMILES string of the molecule is CCC1(C)C(O)CC1OCCC(C)C. The van der Waals surface area contributed by atoms with Gasteiger partial charge in [-0.05, 0) is 18.8 Å². The Hall–Kier alpha value is -0.0800. The average molecular weight is 200 g/mol. The van der Waals surface area contributed by atoms with E-state index in [1.807, 2.05) is 0 Å². The van der Waals surface area contributed by atoms with Crippen LogP contribution in [0.15, 0.2) is 0 Å². The Morgan fingerprint density at radius 3 is 2.57 bits per heavy atom. The van der Waals surface area contributed by atoms with Gasteiger partial charge in [-0.15, -0.1) is 0 Å². The second-order valence-electron chi connectivity index (χ2n) is 5.15. The fraction of sp³-hybridized carbons (Fsp3) is 1.00. The Kier molecular flexibility index (Phi) is 3.96. The molecule has 1 aliphatic carbocycles. The molecule has 3 atom stereocenters. The summed E-state index contributed by atoms with van der Waals surface area (Å²) in [5, 5.41) is 9.67. The molecule has 0 saturated heterocycles. The van der Waals surface area contributed by atoms with E-state index in [0.717, 1.165) is 25.9 Å². The van der Waals surface area contributed by atoms with E-state index < -0.39 is 0 Å². The highest BCUT2D eigenvalue weighted by atomic mass is 16.5. The number of aliphatic hydroxyl groups excluding tert-OH is 1. The van der Waals surface area contributed by atoms with Crippen LogP contribution in [-0.2, 0) is 4.74 Å². The smallest absolute Gasteiger partial charge is 0.0678 e. The molecule has 0 spiro atoms. The molecule has 0 aliphatic heterocycles. The van der Waals surface area contributed by atoms with Crippen molar-refractivity contribution in [3.05, 3.63) is 0 Å². The summed E-state index contributed by atoms with van der Waals surface area (Å²) in [5.41, 5.74) is 0.0109. The van der Waals surface area contributed by atoms with E-state index in [1.54, 1.807) is 0 Å². The first-order valence-corrected chi connectivity index (χ1v) is 5.80. The van der Waals surface area contributed by atoms with Gasteiger partial charge >= 0.3 is 0 Å². The van der Waals surface area contributed by atoms with Gasteiger partial charge in [-0.25, -0.2) is 0 Å². The third kappa shape index (κ3) is 2.29. The summed E-state index contributed by atoms with van der Waals surface area (Å²) in [5.74, 6) is 0.702. The van der Waals surface area contributed by atoms with E-state index in [0.29, 0.717) is 5.92 Å². The molecule has 0 amide bonds. The average Bonchev–Trinajstić information content (AvgIpc) is 2.15. The number of hydrogen-bond donors (Lipinski definition) is 1. The van der Waals surface area contributed by atoms with Crippen LogP contribution in [0.25, 0.3) is 0 Å². The van der Waals surface area contributed by atoms with E-state index in [1.165, 1.54) is 0 Å². The van der Waals surface area contributed by atoms with Gasteiger partial charge in [0.05, 0.1) is 12.2 Å². The molecule has 1 aliphatic rings. The first kappa shape index (κ1) is 12.0. The van der Waals surface area contributed by atoms with Crippen molar-refractivity contribution in [3.63, 3.8) is 0 Å². The number of rotatable bonds is 5. The lowest BCUT2D eigenvalue weighted by molar-refractivity contribution is -0.186. The van der Waals surface area contributed by atoms with Crippen molar-refractivity contribution in [1.82, 2.24) is 0 Å². The zero-order chi connectivity index (χ0) is 10.8. The Labute approximate surface area is 87.7 Å². The van der Waals surface area contributed by atoms with Crippen molar-refractivity contribution < 1.29 is 9.84 Å². The lowest BCUT2D eigenvalue weighted by atomic mass is 9.63. The summed E-state index contributed by atoms with van der Waals surface area (Å²) in [6.07, 6.45) is 3.06. The van der Waals surface area contributed by atoms with E-state index in [4.69, 9.17) is 4.74 Å². The molecular formula is C12H24O2. The third-order valence-electron chi connectivity index (χ3n) is 3.71. The van der Waals surface area contributed by atoms with Crippen LogP contribution in [0.5, 0.6) is 0 Å². The molecular weight excluding hydrogens is 176 g/mol. The minimum Gasteiger partial charge on any atom is -0.392 e. The zero-order valence-corrected chi connectivity index (χ0v) is 9.92. The van der Waals surface area contributed by atoms with Gasteiger partial charge in [0.25, 0.3) is 0 Å². The predicted molar refractivity (Wildman–Crippen MR) is 58.2 cm³/mol. The van der Waals surface area contributed by atoms with Gasteiger partial charge < -0.3 is 9.84 Å². The maximum Gasteiger partial charge on any atom is 0.0678 e. The van der Waals surface area contributed by atoms with Crippen molar-refractivity contribution in [2.24, 2.45) is 11.3 Å². The van der Waals surface area contributed by atoms with Crippen molar-refractivity contribution in [3.8, 4) is 0 Å². The minimum absolute atomic E-state index is 0.0109. The predicted octanol–water partition coefficient (Wildman–Crippen LogP) is 2.60. The van der Waals surface area contributed by atoms with E-state index in [-0.39, 0.29) is 17.6 Å². The molecule has 0 aromatic carbocycles. The highest BCUT2D eigenvalue weighted by molar-refractivity contribution is 5.00. The van der Waals surface area contributed by atoms with Gasteiger partial charge in [0.15, 0.2) is 0 Å². The van der Waals surface area contributed by atoms with Gasteiger partial charge in [0.2, 0.25) is 0 Å². The molecule has 3 unspecified atom stereocenters. The molecule has 2 nitrogen and oxygen atoms in total. The van der Waals surface area contributed by atoms with Crippen molar-refractivity contribution in [2.45, 2.75) is 59.2 Å². The fourth-order valence-corrected chi connectivity index (χ4v) is 1.96. The Bertz CT molecular complexity index is 179. The maximum absolute atomic E-state index is 9.67. The number of aliphatic hydroxyl groups is 1. The van der Waals surface area contributed by atoms with Gasteiger partial charge in [-0.1, -0.05) is 27.7 Å². The summed E-state index contributed by atoms with van der Waals surface area (Å²) >= 11 is 0. The topological polar surface area (TPSA) is 29.5 Å². The molecule has 84 valence electrons. The molecule has 1 saturated carbocycles. The maximum atomic E-state index is 9.67. The van der Waals surface area contributed by atoms with Crippen LogP contribution in [0.3, 0.4) is 0 Å². The second-order valence-corrected chi connectivity index (χ2v) is 5.15. The quantitative estimate of drug-likeness (QED) is 0.739. The molecule has 1 N–H and O–H groups in total.